The third-order valence-electron chi connectivity index (χ3n) is 4.37. The van der Waals surface area contributed by atoms with Gasteiger partial charge in [-0.25, -0.2) is 9.37 Å². The highest BCUT2D eigenvalue weighted by Crippen LogP contribution is 2.38. The van der Waals surface area contributed by atoms with Crippen LogP contribution in [0.4, 0.5) is 4.39 Å². The zero-order chi connectivity index (χ0) is 18.4. The monoisotopic (exact) mass is 439 g/mol. The fourth-order valence-corrected chi connectivity index (χ4v) is 3.68. The molecule has 1 fully saturated rings. The fourth-order valence-electron chi connectivity index (χ4n) is 2.90. The Balaban J connectivity index is 1.72. The van der Waals surface area contributed by atoms with Crippen molar-refractivity contribution < 1.29 is 13.9 Å². The van der Waals surface area contributed by atoms with E-state index in [0.717, 1.165) is 6.54 Å². The van der Waals surface area contributed by atoms with Gasteiger partial charge in [-0.3, -0.25) is 4.68 Å². The maximum atomic E-state index is 13.4. The number of aliphatic hydroxyl groups excluding tert-OH is 1. The molecule has 136 valence electrons. The molecule has 1 saturated carbocycles. The van der Waals surface area contributed by atoms with Crippen molar-refractivity contribution in [3.63, 3.8) is 0 Å². The molecule has 3 aromatic rings. The molecule has 1 aromatic carbocycles. The second kappa shape index (κ2) is 6.79. The zero-order valence-electron chi connectivity index (χ0n) is 13.9. The van der Waals surface area contributed by atoms with Crippen molar-refractivity contribution in [2.75, 3.05) is 0 Å². The van der Waals surface area contributed by atoms with Crippen LogP contribution in [0.3, 0.4) is 0 Å². The first-order valence-electron chi connectivity index (χ1n) is 8.26. The minimum Gasteiger partial charge on any atom is -0.441 e. The van der Waals surface area contributed by atoms with Crippen molar-refractivity contribution in [1.82, 2.24) is 14.8 Å². The first-order chi connectivity index (χ1) is 12.4. The Morgan fingerprint density at radius 3 is 2.92 bits per heavy atom. The number of aliphatic hydroxyl groups is 1. The van der Waals surface area contributed by atoms with Crippen LogP contribution in [0, 0.1) is 18.7 Å². The Bertz CT molecular complexity index is 967. The summed E-state index contributed by atoms with van der Waals surface area (Å²) in [7, 11) is 0. The second-order valence-electron chi connectivity index (χ2n) is 6.51. The Morgan fingerprint density at radius 1 is 1.46 bits per heavy atom. The van der Waals surface area contributed by atoms with Crippen molar-refractivity contribution in [1.29, 1.82) is 0 Å². The predicted molar refractivity (Wildman–Crippen MR) is 98.4 cm³/mol. The average molecular weight is 441 g/mol. The van der Waals surface area contributed by atoms with Crippen LogP contribution in [0.25, 0.3) is 11.3 Å². The van der Waals surface area contributed by atoms with Crippen molar-refractivity contribution >= 4 is 27.5 Å². The van der Waals surface area contributed by atoms with E-state index >= 15 is 0 Å². The molecule has 0 amide bonds. The highest BCUT2D eigenvalue weighted by atomic mass is 79.9. The zero-order valence-corrected chi connectivity index (χ0v) is 16.3. The lowest BCUT2D eigenvalue weighted by Crippen LogP contribution is -2.03. The molecule has 1 N–H and O–H groups in total. The lowest BCUT2D eigenvalue weighted by molar-refractivity contribution is 0.216. The van der Waals surface area contributed by atoms with Gasteiger partial charge >= 0.3 is 0 Å². The van der Waals surface area contributed by atoms with Gasteiger partial charge in [0.1, 0.15) is 17.6 Å². The molecule has 26 heavy (non-hydrogen) atoms. The van der Waals surface area contributed by atoms with Crippen molar-refractivity contribution in [2.24, 2.45) is 5.92 Å². The maximum absolute atomic E-state index is 13.4. The summed E-state index contributed by atoms with van der Waals surface area (Å²) in [6, 6.07) is 4.24. The predicted octanol–water partition coefficient (Wildman–Crippen LogP) is 4.89. The van der Waals surface area contributed by atoms with Crippen LogP contribution in [0.2, 0.25) is 5.15 Å². The van der Waals surface area contributed by atoms with E-state index in [-0.39, 0.29) is 11.0 Å². The van der Waals surface area contributed by atoms with E-state index in [0.29, 0.717) is 38.9 Å². The lowest BCUT2D eigenvalue weighted by atomic mass is 10.0. The van der Waals surface area contributed by atoms with Gasteiger partial charge in [0.2, 0.25) is 0 Å². The molecule has 2 aromatic heterocycles. The highest BCUT2D eigenvalue weighted by molar-refractivity contribution is 9.10. The third-order valence-corrected chi connectivity index (χ3v) is 5.32. The van der Waals surface area contributed by atoms with E-state index in [2.05, 4.69) is 26.0 Å². The SMILES string of the molecule is Cc1nc(C(O)c2cn(CC3CC3)nc2Cl)c(-c2ccc(F)cc2Br)o1. The smallest absolute Gasteiger partial charge is 0.192 e. The van der Waals surface area contributed by atoms with E-state index in [9.17, 15) is 9.50 Å². The summed E-state index contributed by atoms with van der Waals surface area (Å²) in [5.41, 5.74) is 1.39. The van der Waals surface area contributed by atoms with Gasteiger partial charge in [-0.2, -0.15) is 5.10 Å². The van der Waals surface area contributed by atoms with Crippen molar-refractivity contribution in [2.45, 2.75) is 32.4 Å². The van der Waals surface area contributed by atoms with Crippen LogP contribution in [0.15, 0.2) is 33.3 Å². The van der Waals surface area contributed by atoms with Crippen LogP contribution in [-0.4, -0.2) is 19.9 Å². The fraction of sp³-hybridized carbons (Fsp3) is 0.333. The number of hydrogen-bond donors (Lipinski definition) is 1. The van der Waals surface area contributed by atoms with Crippen LogP contribution in [0.5, 0.6) is 0 Å². The summed E-state index contributed by atoms with van der Waals surface area (Å²) in [5, 5.41) is 15.4. The van der Waals surface area contributed by atoms with Crippen LogP contribution < -0.4 is 0 Å². The quantitative estimate of drug-likeness (QED) is 0.613. The number of halogens is 3. The average Bonchev–Trinajstić information content (AvgIpc) is 3.19. The Kier molecular flexibility index (Phi) is 4.62. The summed E-state index contributed by atoms with van der Waals surface area (Å²) < 4.78 is 21.4. The van der Waals surface area contributed by atoms with Gasteiger partial charge in [0.05, 0.1) is 0 Å². The van der Waals surface area contributed by atoms with Crippen LogP contribution in [-0.2, 0) is 6.54 Å². The number of benzene rings is 1. The molecule has 0 saturated heterocycles. The normalized spacial score (nSPS) is 15.4. The molecule has 0 radical (unpaired) electrons. The van der Waals surface area contributed by atoms with Crippen molar-refractivity contribution in [3.05, 3.63) is 57.0 Å². The molecule has 1 atom stereocenters. The minimum absolute atomic E-state index is 0.239. The Hall–Kier alpha value is -1.70. The van der Waals surface area contributed by atoms with Gasteiger partial charge in [-0.05, 0) is 52.9 Å². The number of aromatic nitrogens is 3. The van der Waals surface area contributed by atoms with E-state index in [4.69, 9.17) is 16.0 Å². The molecule has 1 aliphatic carbocycles. The molecular weight excluding hydrogens is 425 g/mol. The van der Waals surface area contributed by atoms with Crippen LogP contribution >= 0.6 is 27.5 Å². The number of rotatable bonds is 5. The molecule has 1 aliphatic rings. The number of hydrogen-bond acceptors (Lipinski definition) is 4. The van der Waals surface area contributed by atoms with Gasteiger partial charge in [0.25, 0.3) is 0 Å². The first-order valence-corrected chi connectivity index (χ1v) is 9.43. The van der Waals surface area contributed by atoms with Crippen molar-refractivity contribution in [3.8, 4) is 11.3 Å². The summed E-state index contributed by atoms with van der Waals surface area (Å²) in [5.74, 6) is 1.03. The summed E-state index contributed by atoms with van der Waals surface area (Å²) in [4.78, 5) is 4.32. The molecule has 4 rings (SSSR count). The molecule has 0 bridgehead atoms. The summed E-state index contributed by atoms with van der Waals surface area (Å²) in [6.45, 7) is 2.48. The lowest BCUT2D eigenvalue weighted by Gasteiger charge is -2.09. The molecule has 8 heteroatoms. The molecule has 1 unspecified atom stereocenters. The molecule has 0 spiro atoms. The number of oxazole rings is 1. The standard InChI is InChI=1S/C18H16BrClFN3O2/c1-9-22-15(17(26-9)12-5-4-11(21)6-14(12)19)16(25)13-8-24(23-18(13)20)7-10-2-3-10/h4-6,8,10,16,25H,2-3,7H2,1H3. The third kappa shape index (κ3) is 3.43. The number of aryl methyl sites for hydroxylation is 1. The Morgan fingerprint density at radius 2 is 2.23 bits per heavy atom. The topological polar surface area (TPSA) is 64.1 Å². The van der Waals surface area contributed by atoms with Gasteiger partial charge in [-0.1, -0.05) is 11.6 Å². The molecule has 2 heterocycles. The van der Waals surface area contributed by atoms with E-state index < -0.39 is 6.10 Å². The largest absolute Gasteiger partial charge is 0.441 e. The maximum Gasteiger partial charge on any atom is 0.192 e. The molecule has 0 aliphatic heterocycles. The second-order valence-corrected chi connectivity index (χ2v) is 7.73. The van der Waals surface area contributed by atoms with Gasteiger partial charge in [-0.15, -0.1) is 0 Å². The van der Waals surface area contributed by atoms with Gasteiger partial charge in [0, 0.05) is 35.3 Å². The summed E-state index contributed by atoms with van der Waals surface area (Å²) >= 11 is 9.57. The van der Waals surface area contributed by atoms with Gasteiger partial charge in [0.15, 0.2) is 16.8 Å². The first kappa shape index (κ1) is 17.7. The molecule has 5 nitrogen and oxygen atoms in total. The molecular formula is C18H16BrClFN3O2. The van der Waals surface area contributed by atoms with Crippen LogP contribution in [0.1, 0.15) is 36.1 Å². The van der Waals surface area contributed by atoms with Gasteiger partial charge < -0.3 is 9.52 Å². The van der Waals surface area contributed by atoms with E-state index in [1.54, 1.807) is 23.9 Å². The van der Waals surface area contributed by atoms with E-state index in [1.165, 1.54) is 25.0 Å². The Labute approximate surface area is 162 Å². The van der Waals surface area contributed by atoms with E-state index in [1.807, 2.05) is 0 Å². The number of nitrogens with zero attached hydrogens (tertiary/aromatic N) is 3. The summed E-state index contributed by atoms with van der Waals surface area (Å²) in [6.07, 6.45) is 3.04. The minimum atomic E-state index is -1.10. The highest BCUT2D eigenvalue weighted by Gasteiger charge is 2.28.